The molecule has 0 saturated heterocycles. The van der Waals surface area contributed by atoms with Crippen molar-refractivity contribution < 1.29 is 9.90 Å². The van der Waals surface area contributed by atoms with Crippen LogP contribution in [0, 0.1) is 0 Å². The smallest absolute Gasteiger partial charge is 0.350 e. The highest BCUT2D eigenvalue weighted by molar-refractivity contribution is 6.36. The van der Waals surface area contributed by atoms with E-state index < -0.39 is 5.97 Å². The van der Waals surface area contributed by atoms with Gasteiger partial charge in [-0.2, -0.15) is 0 Å². The fourth-order valence-corrected chi connectivity index (χ4v) is 1.33. The number of pyridine rings is 1. The Morgan fingerprint density at radius 1 is 1.46 bits per heavy atom. The molecule has 0 aliphatic carbocycles. The average Bonchev–Trinajstić information content (AvgIpc) is 2.17. The van der Waals surface area contributed by atoms with Gasteiger partial charge in [0.25, 0.3) is 0 Å². The van der Waals surface area contributed by atoms with E-state index in [-0.39, 0.29) is 5.71 Å². The van der Waals surface area contributed by atoms with Crippen LogP contribution >= 0.6 is 0 Å². The van der Waals surface area contributed by atoms with Crippen molar-refractivity contribution in [3.05, 3.63) is 24.0 Å². The van der Waals surface area contributed by atoms with E-state index in [9.17, 15) is 4.79 Å². The molecule has 13 heavy (non-hydrogen) atoms. The van der Waals surface area contributed by atoms with E-state index in [0.717, 1.165) is 11.3 Å². The molecule has 1 N–H and O–H groups in total. The predicted molar refractivity (Wildman–Crippen MR) is 47.3 cm³/mol. The molecule has 4 nitrogen and oxygen atoms in total. The van der Waals surface area contributed by atoms with Gasteiger partial charge in [0.2, 0.25) is 0 Å². The highest BCUT2D eigenvalue weighted by Gasteiger charge is 2.16. The van der Waals surface area contributed by atoms with Crippen LogP contribution in [0.4, 0.5) is 5.69 Å². The number of nitrogens with zero attached hydrogens (tertiary/aromatic N) is 2. The van der Waals surface area contributed by atoms with Crippen molar-refractivity contribution in [2.75, 3.05) is 0 Å². The van der Waals surface area contributed by atoms with E-state index in [1.807, 2.05) is 0 Å². The molecule has 0 unspecified atom stereocenters. The first-order chi connectivity index (χ1) is 6.27. The second-order valence-electron chi connectivity index (χ2n) is 2.87. The highest BCUT2D eigenvalue weighted by Crippen LogP contribution is 2.24. The molecular weight excluding hydrogens is 168 g/mol. The fourth-order valence-electron chi connectivity index (χ4n) is 1.33. The quantitative estimate of drug-likeness (QED) is 0.698. The van der Waals surface area contributed by atoms with Crippen molar-refractivity contribution in [2.24, 2.45) is 4.99 Å². The van der Waals surface area contributed by atoms with Crippen molar-refractivity contribution in [1.82, 2.24) is 4.98 Å². The number of carbonyl (C=O) groups is 1. The molecule has 1 aliphatic rings. The summed E-state index contributed by atoms with van der Waals surface area (Å²) in [4.78, 5) is 18.6. The number of fused-ring (bicyclic) bond motifs is 1. The highest BCUT2D eigenvalue weighted by atomic mass is 16.4. The summed E-state index contributed by atoms with van der Waals surface area (Å²) in [7, 11) is 0. The molecule has 1 aliphatic heterocycles. The Balaban J connectivity index is 2.44. The number of hydrogen-bond donors (Lipinski definition) is 1. The van der Waals surface area contributed by atoms with Gasteiger partial charge in [0.05, 0.1) is 5.69 Å². The Bertz CT molecular complexity index is 385. The predicted octanol–water partition coefficient (Wildman–Crippen LogP) is 1.18. The molecule has 0 atom stereocenters. The molecular formula is C9H8N2O2. The monoisotopic (exact) mass is 176 g/mol. The van der Waals surface area contributed by atoms with Crippen LogP contribution in [0.15, 0.2) is 23.5 Å². The molecule has 66 valence electrons. The maximum atomic E-state index is 10.6. The summed E-state index contributed by atoms with van der Waals surface area (Å²) < 4.78 is 0. The second kappa shape index (κ2) is 2.97. The lowest BCUT2D eigenvalue weighted by atomic mass is 10.0. The molecule has 2 rings (SSSR count). The normalized spacial score (nSPS) is 14.6. The summed E-state index contributed by atoms with van der Waals surface area (Å²) in [5.41, 5.74) is 1.99. The van der Waals surface area contributed by atoms with E-state index in [4.69, 9.17) is 5.11 Å². The Morgan fingerprint density at radius 2 is 2.31 bits per heavy atom. The van der Waals surface area contributed by atoms with E-state index in [0.29, 0.717) is 12.8 Å². The van der Waals surface area contributed by atoms with Gasteiger partial charge in [-0.3, -0.25) is 4.98 Å². The largest absolute Gasteiger partial charge is 0.477 e. The fraction of sp³-hybridized carbons (Fsp3) is 0.222. The van der Waals surface area contributed by atoms with Crippen LogP contribution in [-0.2, 0) is 11.2 Å². The number of aliphatic imine (C=N–C) groups is 1. The lowest BCUT2D eigenvalue weighted by molar-refractivity contribution is -0.129. The minimum absolute atomic E-state index is 0.235. The topological polar surface area (TPSA) is 62.5 Å². The number of aryl methyl sites for hydroxylation is 1. The average molecular weight is 176 g/mol. The molecule has 0 fully saturated rings. The lowest BCUT2D eigenvalue weighted by Crippen LogP contribution is -2.16. The molecule has 0 amide bonds. The summed E-state index contributed by atoms with van der Waals surface area (Å²) >= 11 is 0. The Hall–Kier alpha value is -1.71. The number of carboxylic acids is 1. The number of hydrogen-bond acceptors (Lipinski definition) is 3. The Labute approximate surface area is 75.0 Å². The first-order valence-electron chi connectivity index (χ1n) is 4.01. The zero-order chi connectivity index (χ0) is 9.26. The summed E-state index contributed by atoms with van der Waals surface area (Å²) in [5.74, 6) is -0.928. The van der Waals surface area contributed by atoms with Gasteiger partial charge in [-0.25, -0.2) is 9.79 Å². The zero-order valence-electron chi connectivity index (χ0n) is 6.90. The van der Waals surface area contributed by atoms with Crippen LogP contribution in [0.1, 0.15) is 12.0 Å². The van der Waals surface area contributed by atoms with Crippen LogP contribution in [0.3, 0.4) is 0 Å². The number of carboxylic acid groups (broad SMARTS) is 1. The van der Waals surface area contributed by atoms with E-state index in [1.165, 1.54) is 0 Å². The maximum Gasteiger partial charge on any atom is 0.350 e. The molecule has 4 heteroatoms. The third-order valence-electron chi connectivity index (χ3n) is 2.01. The van der Waals surface area contributed by atoms with Crippen molar-refractivity contribution in [2.45, 2.75) is 12.8 Å². The molecule has 1 aromatic heterocycles. The van der Waals surface area contributed by atoms with E-state index in [1.54, 1.807) is 18.5 Å². The minimum Gasteiger partial charge on any atom is -0.477 e. The standard InChI is InChI=1S/C9H8N2O2/c12-9(13)8-2-1-6-5-10-4-3-7(6)11-8/h3-5H,1-2H2,(H,12,13). The van der Waals surface area contributed by atoms with Gasteiger partial charge in [-0.1, -0.05) is 0 Å². The number of aromatic nitrogens is 1. The zero-order valence-corrected chi connectivity index (χ0v) is 6.90. The van der Waals surface area contributed by atoms with Crippen molar-refractivity contribution in [3.63, 3.8) is 0 Å². The SMILES string of the molecule is O=C(O)C1=Nc2ccncc2CC1. The van der Waals surface area contributed by atoms with Gasteiger partial charge in [0.1, 0.15) is 5.71 Å². The van der Waals surface area contributed by atoms with Crippen LogP contribution in [-0.4, -0.2) is 21.8 Å². The lowest BCUT2D eigenvalue weighted by Gasteiger charge is -2.11. The number of rotatable bonds is 1. The van der Waals surface area contributed by atoms with Crippen molar-refractivity contribution in [1.29, 1.82) is 0 Å². The van der Waals surface area contributed by atoms with Crippen LogP contribution in [0.5, 0.6) is 0 Å². The second-order valence-corrected chi connectivity index (χ2v) is 2.87. The summed E-state index contributed by atoms with van der Waals surface area (Å²) in [6, 6.07) is 1.73. The van der Waals surface area contributed by atoms with E-state index in [2.05, 4.69) is 9.98 Å². The van der Waals surface area contributed by atoms with Gasteiger partial charge in [-0.05, 0) is 18.1 Å². The maximum absolute atomic E-state index is 10.6. The van der Waals surface area contributed by atoms with Gasteiger partial charge in [0.15, 0.2) is 0 Å². The van der Waals surface area contributed by atoms with Crippen molar-refractivity contribution >= 4 is 17.4 Å². The third-order valence-corrected chi connectivity index (χ3v) is 2.01. The molecule has 2 heterocycles. The molecule has 0 aromatic carbocycles. The van der Waals surface area contributed by atoms with Gasteiger partial charge in [-0.15, -0.1) is 0 Å². The van der Waals surface area contributed by atoms with Crippen LogP contribution < -0.4 is 0 Å². The van der Waals surface area contributed by atoms with Crippen LogP contribution in [0.25, 0.3) is 0 Å². The Kier molecular flexibility index (Phi) is 1.81. The van der Waals surface area contributed by atoms with Gasteiger partial charge >= 0.3 is 5.97 Å². The summed E-state index contributed by atoms with van der Waals surface area (Å²) in [5, 5.41) is 8.72. The first kappa shape index (κ1) is 7.91. The van der Waals surface area contributed by atoms with Gasteiger partial charge < -0.3 is 5.11 Å². The minimum atomic E-state index is -0.928. The van der Waals surface area contributed by atoms with Crippen LogP contribution in [0.2, 0.25) is 0 Å². The van der Waals surface area contributed by atoms with Gasteiger partial charge in [0, 0.05) is 18.8 Å². The molecule has 1 aromatic rings. The molecule has 0 radical (unpaired) electrons. The first-order valence-corrected chi connectivity index (χ1v) is 4.01. The van der Waals surface area contributed by atoms with E-state index >= 15 is 0 Å². The third kappa shape index (κ3) is 1.42. The Morgan fingerprint density at radius 3 is 3.08 bits per heavy atom. The molecule has 0 bridgehead atoms. The molecule has 0 saturated carbocycles. The summed E-state index contributed by atoms with van der Waals surface area (Å²) in [6.45, 7) is 0. The molecule has 0 spiro atoms. The summed E-state index contributed by atoms with van der Waals surface area (Å²) in [6.07, 6.45) is 4.56. The van der Waals surface area contributed by atoms with Crippen molar-refractivity contribution in [3.8, 4) is 0 Å². The number of aliphatic carboxylic acids is 1.